The van der Waals surface area contributed by atoms with Crippen molar-refractivity contribution in [3.05, 3.63) is 77.0 Å². The summed E-state index contributed by atoms with van der Waals surface area (Å²) in [5, 5.41) is 9.79. The number of nitrogens with zero attached hydrogens (tertiary/aromatic N) is 3. The first-order valence-electron chi connectivity index (χ1n) is 10.8. The number of rotatable bonds is 10. The van der Waals surface area contributed by atoms with Gasteiger partial charge in [0, 0.05) is 18.0 Å². The van der Waals surface area contributed by atoms with E-state index >= 15 is 0 Å². The highest BCUT2D eigenvalue weighted by Gasteiger charge is 2.22. The summed E-state index contributed by atoms with van der Waals surface area (Å²) in [4.78, 5) is 20.4. The Labute approximate surface area is 216 Å². The first kappa shape index (κ1) is 25.9. The van der Waals surface area contributed by atoms with Gasteiger partial charge in [0.25, 0.3) is 5.91 Å². The lowest BCUT2D eigenvalue weighted by Crippen LogP contribution is -2.15. The van der Waals surface area contributed by atoms with Gasteiger partial charge in [-0.3, -0.25) is 19.6 Å². The molecule has 11 nitrogen and oxygen atoms in total. The zero-order valence-electron chi connectivity index (χ0n) is 19.3. The van der Waals surface area contributed by atoms with Crippen molar-refractivity contribution in [2.45, 2.75) is 13.5 Å². The average Bonchev–Trinajstić information content (AvgIpc) is 3.29. The van der Waals surface area contributed by atoms with Crippen LogP contribution >= 0.6 is 11.6 Å². The number of aromatic nitrogens is 4. The van der Waals surface area contributed by atoms with Gasteiger partial charge in [0.1, 0.15) is 41.1 Å². The van der Waals surface area contributed by atoms with Crippen LogP contribution in [0.4, 0.5) is 21.7 Å². The third-order valence-electron chi connectivity index (χ3n) is 5.11. The third kappa shape index (κ3) is 6.13. The molecule has 5 N–H and O–H groups in total. The lowest BCUT2D eigenvalue weighted by molar-refractivity contribution is 0.100. The van der Waals surface area contributed by atoms with Crippen LogP contribution in [0.5, 0.6) is 5.75 Å². The van der Waals surface area contributed by atoms with E-state index in [0.717, 1.165) is 0 Å². The summed E-state index contributed by atoms with van der Waals surface area (Å²) >= 11 is 5.74. The number of carbonyl (C=O) groups excluding carboxylic acids is 1. The molecule has 192 valence electrons. The predicted molar refractivity (Wildman–Crippen MR) is 137 cm³/mol. The topological polar surface area (TPSA) is 165 Å². The fourth-order valence-corrected chi connectivity index (χ4v) is 4.04. The Morgan fingerprint density at radius 3 is 2.70 bits per heavy atom. The molecule has 0 fully saturated rings. The number of halogens is 2. The number of hydrogen-bond acceptors (Lipinski definition) is 8. The van der Waals surface area contributed by atoms with Gasteiger partial charge in [-0.15, -0.1) is 0 Å². The molecule has 37 heavy (non-hydrogen) atoms. The van der Waals surface area contributed by atoms with Crippen molar-refractivity contribution < 1.29 is 22.3 Å². The standard InChI is InChI=1S/C23H21ClFN7O4S/c1-2-37(34,35)32-17-6-4-14(10-18(17)36-12-13-3-5-15(24)16(25)9-13)21-20(22(26)33)23(31-30-21)29-19-11-27-7-8-28-19/h3-11,32H,2,12H2,1H3,(H2,26,33)(H2,28,29,30,31). The molecule has 2 aromatic carbocycles. The number of H-pyrrole nitrogens is 1. The molecule has 2 aromatic heterocycles. The zero-order chi connectivity index (χ0) is 26.6. The van der Waals surface area contributed by atoms with Gasteiger partial charge in [0.15, 0.2) is 0 Å². The molecule has 0 aliphatic rings. The van der Waals surface area contributed by atoms with Crippen LogP contribution in [0, 0.1) is 5.82 Å². The fraction of sp³-hybridized carbons (Fsp3) is 0.130. The molecule has 0 bridgehead atoms. The number of carbonyl (C=O) groups is 1. The minimum atomic E-state index is -3.65. The summed E-state index contributed by atoms with van der Waals surface area (Å²) in [6, 6.07) is 8.70. The highest BCUT2D eigenvalue weighted by atomic mass is 35.5. The molecule has 0 aliphatic carbocycles. The number of amides is 1. The minimum Gasteiger partial charge on any atom is -0.487 e. The van der Waals surface area contributed by atoms with Crippen LogP contribution in [0.1, 0.15) is 22.8 Å². The van der Waals surface area contributed by atoms with Gasteiger partial charge in [-0.25, -0.2) is 17.8 Å². The second-order valence-corrected chi connectivity index (χ2v) is 10.1. The van der Waals surface area contributed by atoms with E-state index in [9.17, 15) is 17.6 Å². The first-order valence-corrected chi connectivity index (χ1v) is 12.8. The van der Waals surface area contributed by atoms with E-state index in [1.807, 2.05) is 0 Å². The van der Waals surface area contributed by atoms with Crippen molar-refractivity contribution >= 4 is 44.9 Å². The van der Waals surface area contributed by atoms with Crippen LogP contribution in [-0.4, -0.2) is 40.2 Å². The van der Waals surface area contributed by atoms with Gasteiger partial charge < -0.3 is 15.8 Å². The van der Waals surface area contributed by atoms with Crippen LogP contribution in [-0.2, 0) is 16.6 Å². The molecule has 14 heteroatoms. The second-order valence-electron chi connectivity index (χ2n) is 7.66. The van der Waals surface area contributed by atoms with Crippen molar-refractivity contribution in [2.75, 3.05) is 15.8 Å². The Balaban J connectivity index is 1.72. The third-order valence-corrected chi connectivity index (χ3v) is 6.71. The first-order chi connectivity index (χ1) is 17.7. The number of nitrogens with two attached hydrogens (primary N) is 1. The van der Waals surface area contributed by atoms with Crippen LogP contribution in [0.2, 0.25) is 5.02 Å². The number of hydrogen-bond donors (Lipinski definition) is 4. The summed E-state index contributed by atoms with van der Waals surface area (Å²) in [6.07, 6.45) is 4.41. The Morgan fingerprint density at radius 2 is 2.03 bits per heavy atom. The summed E-state index contributed by atoms with van der Waals surface area (Å²) in [5.41, 5.74) is 6.87. The SMILES string of the molecule is CCS(=O)(=O)Nc1ccc(-c2n[nH]c(Nc3cnccn3)c2C(N)=O)cc1OCc1ccc(Cl)c(F)c1. The molecule has 0 atom stereocenters. The number of anilines is 3. The molecule has 1 amide bonds. The van der Waals surface area contributed by atoms with E-state index in [1.54, 1.807) is 12.1 Å². The van der Waals surface area contributed by atoms with Crippen molar-refractivity contribution in [3.8, 4) is 17.0 Å². The maximum absolute atomic E-state index is 13.9. The molecule has 0 saturated heterocycles. The van der Waals surface area contributed by atoms with E-state index in [-0.39, 0.29) is 45.9 Å². The number of benzene rings is 2. The van der Waals surface area contributed by atoms with Crippen LogP contribution in [0.3, 0.4) is 0 Å². The lowest BCUT2D eigenvalue weighted by atomic mass is 10.1. The van der Waals surface area contributed by atoms with Gasteiger partial charge in [0.2, 0.25) is 10.0 Å². The molecule has 0 saturated carbocycles. The quantitative estimate of drug-likeness (QED) is 0.233. The normalized spacial score (nSPS) is 11.2. The van der Waals surface area contributed by atoms with E-state index < -0.39 is 21.7 Å². The highest BCUT2D eigenvalue weighted by Crippen LogP contribution is 2.35. The molecule has 2 heterocycles. The Hall–Kier alpha value is -4.23. The molecule has 0 radical (unpaired) electrons. The average molecular weight is 546 g/mol. The lowest BCUT2D eigenvalue weighted by Gasteiger charge is -2.15. The van der Waals surface area contributed by atoms with Crippen molar-refractivity contribution in [2.24, 2.45) is 5.73 Å². The Morgan fingerprint density at radius 1 is 1.22 bits per heavy atom. The predicted octanol–water partition coefficient (Wildman–Crippen LogP) is 3.84. The molecule has 0 unspecified atom stereocenters. The van der Waals surface area contributed by atoms with Gasteiger partial charge in [0.05, 0.1) is 22.7 Å². The van der Waals surface area contributed by atoms with Crippen molar-refractivity contribution in [1.82, 2.24) is 20.2 Å². The van der Waals surface area contributed by atoms with E-state index in [1.165, 1.54) is 49.8 Å². The smallest absolute Gasteiger partial charge is 0.254 e. The van der Waals surface area contributed by atoms with E-state index in [2.05, 4.69) is 30.2 Å². The van der Waals surface area contributed by atoms with Crippen LogP contribution in [0.15, 0.2) is 55.0 Å². The molecule has 4 aromatic rings. The van der Waals surface area contributed by atoms with Gasteiger partial charge in [-0.05, 0) is 36.8 Å². The summed E-state index contributed by atoms with van der Waals surface area (Å²) in [5.74, 6) is -0.897. The largest absolute Gasteiger partial charge is 0.487 e. The monoisotopic (exact) mass is 545 g/mol. The molecular formula is C23H21ClFN7O4S. The fourth-order valence-electron chi connectivity index (χ4n) is 3.28. The minimum absolute atomic E-state index is 0.0365. The van der Waals surface area contributed by atoms with E-state index in [0.29, 0.717) is 16.9 Å². The highest BCUT2D eigenvalue weighted by molar-refractivity contribution is 7.92. The molecule has 0 aliphatic heterocycles. The van der Waals surface area contributed by atoms with E-state index in [4.69, 9.17) is 22.1 Å². The summed E-state index contributed by atoms with van der Waals surface area (Å²) in [7, 11) is -3.65. The molecular weight excluding hydrogens is 525 g/mol. The number of sulfonamides is 1. The maximum atomic E-state index is 13.9. The number of aromatic amines is 1. The summed E-state index contributed by atoms with van der Waals surface area (Å²) in [6.45, 7) is 1.39. The van der Waals surface area contributed by atoms with Gasteiger partial charge in [-0.1, -0.05) is 23.7 Å². The maximum Gasteiger partial charge on any atom is 0.254 e. The van der Waals surface area contributed by atoms with Crippen molar-refractivity contribution in [1.29, 1.82) is 0 Å². The van der Waals surface area contributed by atoms with Gasteiger partial charge in [-0.2, -0.15) is 5.10 Å². The second kappa shape index (κ2) is 10.8. The van der Waals surface area contributed by atoms with Crippen molar-refractivity contribution in [3.63, 3.8) is 0 Å². The zero-order valence-corrected chi connectivity index (χ0v) is 20.9. The van der Waals surface area contributed by atoms with Crippen LogP contribution < -0.4 is 20.5 Å². The molecule has 4 rings (SSSR count). The summed E-state index contributed by atoms with van der Waals surface area (Å²) < 4.78 is 46.6. The van der Waals surface area contributed by atoms with Gasteiger partial charge >= 0.3 is 0 Å². The number of nitrogens with one attached hydrogen (secondary N) is 3. The number of primary amides is 1. The Bertz CT molecular complexity index is 1550. The Kier molecular flexibility index (Phi) is 7.55. The number of ether oxygens (including phenoxy) is 1. The van der Waals surface area contributed by atoms with Crippen LogP contribution in [0.25, 0.3) is 11.3 Å². The molecule has 0 spiro atoms.